The Labute approximate surface area is 104 Å². The molecule has 0 aliphatic rings. The lowest BCUT2D eigenvalue weighted by molar-refractivity contribution is 0.485. The van der Waals surface area contributed by atoms with Crippen LogP contribution in [0, 0.1) is 12.7 Å². The molecule has 0 fully saturated rings. The molecule has 17 heavy (non-hydrogen) atoms. The lowest BCUT2D eigenvalue weighted by Gasteiger charge is -2.19. The average Bonchev–Trinajstić information content (AvgIpc) is 2.32. The Balaban J connectivity index is 2.70. The molecule has 2 heteroatoms. The highest BCUT2D eigenvalue weighted by Crippen LogP contribution is 2.22. The summed E-state index contributed by atoms with van der Waals surface area (Å²) >= 11 is 0. The lowest BCUT2D eigenvalue weighted by Crippen LogP contribution is -2.21. The fourth-order valence-electron chi connectivity index (χ4n) is 2.12. The maximum absolute atomic E-state index is 13.2. The van der Waals surface area contributed by atoms with Gasteiger partial charge in [-0.3, -0.25) is 0 Å². The summed E-state index contributed by atoms with van der Waals surface area (Å²) in [7, 11) is 0. The molecule has 0 amide bonds. The monoisotopic (exact) mass is 237 g/mol. The second-order valence-corrected chi connectivity index (χ2v) is 4.61. The zero-order valence-corrected chi connectivity index (χ0v) is 11.2. The van der Waals surface area contributed by atoms with E-state index in [4.69, 9.17) is 0 Å². The molecular weight excluding hydrogens is 213 g/mol. The third-order valence-electron chi connectivity index (χ3n) is 3.13. The van der Waals surface area contributed by atoms with Crippen molar-refractivity contribution in [2.45, 2.75) is 52.5 Å². The number of unbranched alkanes of at least 4 members (excludes halogenated alkanes) is 2. The van der Waals surface area contributed by atoms with Crippen LogP contribution >= 0.6 is 0 Å². The van der Waals surface area contributed by atoms with Gasteiger partial charge in [0.1, 0.15) is 5.82 Å². The molecule has 96 valence electrons. The molecule has 0 radical (unpaired) electrons. The topological polar surface area (TPSA) is 12.0 Å². The minimum atomic E-state index is -0.113. The van der Waals surface area contributed by atoms with Gasteiger partial charge in [0.15, 0.2) is 0 Å². The van der Waals surface area contributed by atoms with Gasteiger partial charge in [-0.2, -0.15) is 0 Å². The second-order valence-electron chi connectivity index (χ2n) is 4.61. The van der Waals surface area contributed by atoms with E-state index in [0.717, 1.165) is 18.5 Å². The Morgan fingerprint density at radius 2 is 2.00 bits per heavy atom. The minimum absolute atomic E-state index is 0.113. The number of nitrogens with one attached hydrogen (secondary N) is 1. The number of hydrogen-bond acceptors (Lipinski definition) is 1. The van der Waals surface area contributed by atoms with Crippen molar-refractivity contribution in [3.05, 3.63) is 35.1 Å². The summed E-state index contributed by atoms with van der Waals surface area (Å²) in [5.74, 6) is -0.113. The van der Waals surface area contributed by atoms with Crippen molar-refractivity contribution in [2.75, 3.05) is 6.54 Å². The van der Waals surface area contributed by atoms with Crippen molar-refractivity contribution < 1.29 is 4.39 Å². The Hall–Kier alpha value is -0.890. The van der Waals surface area contributed by atoms with Crippen LogP contribution in [0.5, 0.6) is 0 Å². The Morgan fingerprint density at radius 1 is 1.24 bits per heavy atom. The van der Waals surface area contributed by atoms with E-state index in [-0.39, 0.29) is 5.82 Å². The maximum Gasteiger partial charge on any atom is 0.126 e. The molecule has 1 rings (SSSR count). The highest BCUT2D eigenvalue weighted by Gasteiger charge is 2.10. The molecule has 0 aliphatic carbocycles. The molecule has 1 aromatic rings. The van der Waals surface area contributed by atoms with Gasteiger partial charge in [-0.15, -0.1) is 0 Å². The molecule has 0 saturated heterocycles. The van der Waals surface area contributed by atoms with E-state index in [1.54, 1.807) is 6.07 Å². The molecule has 0 bridgehead atoms. The zero-order valence-electron chi connectivity index (χ0n) is 11.2. The quantitative estimate of drug-likeness (QED) is 0.695. The SMILES string of the molecule is CCCCCC(NCC)c1ccc(F)c(C)c1. The molecule has 0 spiro atoms. The van der Waals surface area contributed by atoms with E-state index in [9.17, 15) is 4.39 Å². The van der Waals surface area contributed by atoms with Crippen LogP contribution in [0.4, 0.5) is 4.39 Å². The maximum atomic E-state index is 13.2. The molecule has 1 N–H and O–H groups in total. The zero-order chi connectivity index (χ0) is 12.7. The van der Waals surface area contributed by atoms with Crippen LogP contribution < -0.4 is 5.32 Å². The van der Waals surface area contributed by atoms with Gasteiger partial charge in [-0.05, 0) is 37.1 Å². The van der Waals surface area contributed by atoms with E-state index in [1.165, 1.54) is 24.8 Å². The summed E-state index contributed by atoms with van der Waals surface area (Å²) in [5.41, 5.74) is 1.95. The standard InChI is InChI=1S/C15H24FN/c1-4-6-7-8-15(17-5-2)13-9-10-14(16)12(3)11-13/h9-11,15,17H,4-8H2,1-3H3. The second kappa shape index (κ2) is 7.44. The van der Waals surface area contributed by atoms with Gasteiger partial charge < -0.3 is 5.32 Å². The largest absolute Gasteiger partial charge is 0.310 e. The number of benzene rings is 1. The van der Waals surface area contributed by atoms with Crippen LogP contribution in [0.2, 0.25) is 0 Å². The van der Waals surface area contributed by atoms with Gasteiger partial charge in [0.05, 0.1) is 0 Å². The van der Waals surface area contributed by atoms with Crippen LogP contribution in [0.3, 0.4) is 0 Å². The molecule has 1 atom stereocenters. The van der Waals surface area contributed by atoms with Crippen molar-refractivity contribution in [3.8, 4) is 0 Å². The van der Waals surface area contributed by atoms with Gasteiger partial charge in [0.2, 0.25) is 0 Å². The predicted octanol–water partition coefficient (Wildman–Crippen LogP) is 4.37. The third-order valence-corrected chi connectivity index (χ3v) is 3.13. The van der Waals surface area contributed by atoms with Crippen LogP contribution in [0.1, 0.15) is 56.7 Å². The summed E-state index contributed by atoms with van der Waals surface area (Å²) in [4.78, 5) is 0. The first-order chi connectivity index (χ1) is 8.19. The highest BCUT2D eigenvalue weighted by atomic mass is 19.1. The molecule has 0 saturated carbocycles. The third kappa shape index (κ3) is 4.47. The number of rotatable bonds is 7. The lowest BCUT2D eigenvalue weighted by atomic mass is 9.98. The van der Waals surface area contributed by atoms with Crippen LogP contribution in [0.25, 0.3) is 0 Å². The van der Waals surface area contributed by atoms with Gasteiger partial charge in [-0.1, -0.05) is 45.2 Å². The molecule has 1 aromatic carbocycles. The van der Waals surface area contributed by atoms with Gasteiger partial charge >= 0.3 is 0 Å². The summed E-state index contributed by atoms with van der Waals surface area (Å²) in [5, 5.41) is 3.48. The van der Waals surface area contributed by atoms with Crippen molar-refractivity contribution in [1.29, 1.82) is 0 Å². The van der Waals surface area contributed by atoms with Crippen molar-refractivity contribution in [1.82, 2.24) is 5.32 Å². The molecular formula is C15H24FN. The van der Waals surface area contributed by atoms with E-state index in [2.05, 4.69) is 19.2 Å². The summed E-state index contributed by atoms with van der Waals surface area (Å²) < 4.78 is 13.2. The number of hydrogen-bond donors (Lipinski definition) is 1. The Bertz CT molecular complexity index is 336. The predicted molar refractivity (Wildman–Crippen MR) is 71.7 cm³/mol. The molecule has 0 aromatic heterocycles. The first-order valence-electron chi connectivity index (χ1n) is 6.68. The fraction of sp³-hybridized carbons (Fsp3) is 0.600. The molecule has 1 unspecified atom stereocenters. The fourth-order valence-corrected chi connectivity index (χ4v) is 2.12. The first kappa shape index (κ1) is 14.2. The normalized spacial score (nSPS) is 12.7. The van der Waals surface area contributed by atoms with Gasteiger partial charge in [-0.25, -0.2) is 4.39 Å². The van der Waals surface area contributed by atoms with Crippen LogP contribution in [-0.2, 0) is 0 Å². The number of halogens is 1. The molecule has 0 heterocycles. The number of aryl methyl sites for hydroxylation is 1. The van der Waals surface area contributed by atoms with Crippen molar-refractivity contribution in [3.63, 3.8) is 0 Å². The van der Waals surface area contributed by atoms with Crippen LogP contribution in [0.15, 0.2) is 18.2 Å². The highest BCUT2D eigenvalue weighted by molar-refractivity contribution is 5.26. The van der Waals surface area contributed by atoms with Crippen molar-refractivity contribution in [2.24, 2.45) is 0 Å². The minimum Gasteiger partial charge on any atom is -0.310 e. The Kier molecular flexibility index (Phi) is 6.20. The van der Waals surface area contributed by atoms with Crippen molar-refractivity contribution >= 4 is 0 Å². The molecule has 1 nitrogen and oxygen atoms in total. The molecule has 0 aliphatic heterocycles. The van der Waals surface area contributed by atoms with Gasteiger partial charge in [0.25, 0.3) is 0 Å². The van der Waals surface area contributed by atoms with Crippen LogP contribution in [-0.4, -0.2) is 6.54 Å². The smallest absolute Gasteiger partial charge is 0.126 e. The first-order valence-corrected chi connectivity index (χ1v) is 6.68. The Morgan fingerprint density at radius 3 is 2.59 bits per heavy atom. The average molecular weight is 237 g/mol. The van der Waals surface area contributed by atoms with E-state index in [0.29, 0.717) is 6.04 Å². The van der Waals surface area contributed by atoms with E-state index < -0.39 is 0 Å². The van der Waals surface area contributed by atoms with E-state index in [1.807, 2.05) is 19.1 Å². The van der Waals surface area contributed by atoms with Gasteiger partial charge in [0, 0.05) is 6.04 Å². The summed E-state index contributed by atoms with van der Waals surface area (Å²) in [6, 6.07) is 5.82. The summed E-state index contributed by atoms with van der Waals surface area (Å²) in [6.07, 6.45) is 4.86. The van der Waals surface area contributed by atoms with E-state index >= 15 is 0 Å². The summed E-state index contributed by atoms with van der Waals surface area (Å²) in [6.45, 7) is 7.11.